The number of hydrogen-bond acceptors (Lipinski definition) is 1. The van der Waals surface area contributed by atoms with Crippen molar-refractivity contribution < 1.29 is 4.39 Å². The molecule has 19 heavy (non-hydrogen) atoms. The molecule has 0 aliphatic rings. The molecule has 1 nitrogen and oxygen atoms in total. The molecule has 1 unspecified atom stereocenters. The van der Waals surface area contributed by atoms with Crippen molar-refractivity contribution in [3.63, 3.8) is 0 Å². The Hall–Kier alpha value is -0.870. The molecule has 4 heteroatoms. The van der Waals surface area contributed by atoms with Gasteiger partial charge < -0.3 is 5.32 Å². The van der Waals surface area contributed by atoms with Crippen LogP contribution >= 0.6 is 31.9 Å². The molecule has 0 aromatic heterocycles. The van der Waals surface area contributed by atoms with Gasteiger partial charge in [0.05, 0.1) is 11.7 Å². The molecule has 0 spiro atoms. The average Bonchev–Trinajstić information content (AvgIpc) is 2.39. The minimum atomic E-state index is -0.245. The van der Waals surface area contributed by atoms with Gasteiger partial charge in [0.25, 0.3) is 0 Å². The van der Waals surface area contributed by atoms with Crippen molar-refractivity contribution in [3.05, 3.63) is 62.8 Å². The summed E-state index contributed by atoms with van der Waals surface area (Å²) in [6.45, 7) is 2.08. The molecule has 0 aliphatic heterocycles. The maximum Gasteiger partial charge on any atom is 0.147 e. The van der Waals surface area contributed by atoms with Gasteiger partial charge in [-0.15, -0.1) is 0 Å². The van der Waals surface area contributed by atoms with Crippen molar-refractivity contribution in [2.45, 2.75) is 19.4 Å². The van der Waals surface area contributed by atoms with Gasteiger partial charge in [-0.2, -0.15) is 0 Å². The number of halogens is 3. The van der Waals surface area contributed by atoms with Gasteiger partial charge in [-0.05, 0) is 42.3 Å². The van der Waals surface area contributed by atoms with Crippen LogP contribution in [0.5, 0.6) is 0 Å². The van der Waals surface area contributed by atoms with Crippen molar-refractivity contribution in [2.24, 2.45) is 0 Å². The molecule has 0 fully saturated rings. The third-order valence-corrected chi connectivity index (χ3v) is 3.96. The lowest BCUT2D eigenvalue weighted by atomic mass is 10.0. The first-order chi connectivity index (χ1) is 9.10. The lowest BCUT2D eigenvalue weighted by molar-refractivity contribution is 0.623. The van der Waals surface area contributed by atoms with Gasteiger partial charge in [0.15, 0.2) is 0 Å². The zero-order chi connectivity index (χ0) is 13.8. The summed E-state index contributed by atoms with van der Waals surface area (Å²) in [5, 5.41) is 3.25. The van der Waals surface area contributed by atoms with Crippen LogP contribution in [0, 0.1) is 5.82 Å². The Balaban J connectivity index is 2.21. The van der Waals surface area contributed by atoms with E-state index in [1.54, 1.807) is 6.07 Å². The summed E-state index contributed by atoms with van der Waals surface area (Å²) in [5.74, 6) is -0.245. The molecule has 0 amide bonds. The lowest BCUT2D eigenvalue weighted by Crippen LogP contribution is -2.10. The van der Waals surface area contributed by atoms with Crippen molar-refractivity contribution in [1.82, 2.24) is 0 Å². The summed E-state index contributed by atoms with van der Waals surface area (Å²) in [6.07, 6.45) is 0.886. The zero-order valence-corrected chi connectivity index (χ0v) is 13.6. The molecule has 0 aliphatic carbocycles. The minimum Gasteiger partial charge on any atom is -0.376 e. The second-order valence-corrected chi connectivity index (χ2v) is 6.11. The SMILES string of the molecule is CCC(Nc1ccc(Br)cc1F)c1ccc(Br)cc1. The molecule has 0 radical (unpaired) electrons. The maximum atomic E-state index is 13.8. The van der Waals surface area contributed by atoms with E-state index in [0.717, 1.165) is 20.9 Å². The Bertz CT molecular complexity index is 555. The molecular weight excluding hydrogens is 373 g/mol. The molecule has 1 atom stereocenters. The predicted octanol–water partition coefficient (Wildman–Crippen LogP) is 5.91. The Morgan fingerprint density at radius 2 is 1.68 bits per heavy atom. The summed E-state index contributed by atoms with van der Waals surface area (Å²) >= 11 is 6.68. The van der Waals surface area contributed by atoms with Crippen molar-refractivity contribution >= 4 is 37.5 Å². The van der Waals surface area contributed by atoms with Crippen LogP contribution in [0.25, 0.3) is 0 Å². The molecule has 1 N–H and O–H groups in total. The van der Waals surface area contributed by atoms with Crippen LogP contribution in [0.4, 0.5) is 10.1 Å². The van der Waals surface area contributed by atoms with Gasteiger partial charge in [0, 0.05) is 8.95 Å². The largest absolute Gasteiger partial charge is 0.376 e. The minimum absolute atomic E-state index is 0.101. The molecule has 100 valence electrons. The average molecular weight is 387 g/mol. The van der Waals surface area contributed by atoms with Crippen molar-refractivity contribution in [2.75, 3.05) is 5.32 Å². The molecule has 0 bridgehead atoms. The highest BCUT2D eigenvalue weighted by atomic mass is 79.9. The van der Waals surface area contributed by atoms with Crippen molar-refractivity contribution in [1.29, 1.82) is 0 Å². The first kappa shape index (κ1) is 14.5. The standard InChI is InChI=1S/C15H14Br2FN/c1-2-14(10-3-5-11(16)6-4-10)19-15-8-7-12(17)9-13(15)18/h3-9,14,19H,2H2,1H3. The van der Waals surface area contributed by atoms with E-state index in [2.05, 4.69) is 44.1 Å². The molecule has 0 heterocycles. The highest BCUT2D eigenvalue weighted by molar-refractivity contribution is 9.10. The predicted molar refractivity (Wildman–Crippen MR) is 84.9 cm³/mol. The quantitative estimate of drug-likeness (QED) is 0.688. The van der Waals surface area contributed by atoms with Gasteiger partial charge in [-0.1, -0.05) is 50.9 Å². The fourth-order valence-corrected chi connectivity index (χ4v) is 2.51. The van der Waals surface area contributed by atoms with Crippen LogP contribution in [0.15, 0.2) is 51.4 Å². The van der Waals surface area contributed by atoms with Crippen LogP contribution in [0.2, 0.25) is 0 Å². The Kier molecular flexibility index (Phi) is 4.99. The highest BCUT2D eigenvalue weighted by Crippen LogP contribution is 2.27. The van der Waals surface area contributed by atoms with Crippen LogP contribution < -0.4 is 5.32 Å². The van der Waals surface area contributed by atoms with E-state index in [4.69, 9.17) is 0 Å². The monoisotopic (exact) mass is 385 g/mol. The molecule has 2 aromatic rings. The van der Waals surface area contributed by atoms with Crippen LogP contribution in [-0.4, -0.2) is 0 Å². The first-order valence-electron chi connectivity index (χ1n) is 6.07. The second-order valence-electron chi connectivity index (χ2n) is 4.28. The smallest absolute Gasteiger partial charge is 0.147 e. The summed E-state index contributed by atoms with van der Waals surface area (Å²) in [5.41, 5.74) is 1.67. The van der Waals surface area contributed by atoms with E-state index < -0.39 is 0 Å². The molecule has 0 saturated heterocycles. The molecular formula is C15H14Br2FN. The topological polar surface area (TPSA) is 12.0 Å². The van der Waals surface area contributed by atoms with E-state index >= 15 is 0 Å². The van der Waals surface area contributed by atoms with E-state index in [1.807, 2.05) is 30.3 Å². The third kappa shape index (κ3) is 3.80. The number of hydrogen-bond donors (Lipinski definition) is 1. The van der Waals surface area contributed by atoms with Gasteiger partial charge in [0.2, 0.25) is 0 Å². The maximum absolute atomic E-state index is 13.8. The summed E-state index contributed by atoms with van der Waals surface area (Å²) in [6, 6.07) is 13.2. The number of anilines is 1. The molecule has 2 aromatic carbocycles. The molecule has 0 saturated carbocycles. The number of rotatable bonds is 4. The second kappa shape index (κ2) is 6.53. The highest BCUT2D eigenvalue weighted by Gasteiger charge is 2.11. The van der Waals surface area contributed by atoms with Crippen LogP contribution in [0.3, 0.4) is 0 Å². The van der Waals surface area contributed by atoms with E-state index in [9.17, 15) is 4.39 Å². The van der Waals surface area contributed by atoms with Gasteiger partial charge >= 0.3 is 0 Å². The van der Waals surface area contributed by atoms with Gasteiger partial charge in [0.1, 0.15) is 5.82 Å². The Morgan fingerprint density at radius 1 is 1.05 bits per heavy atom. The summed E-state index contributed by atoms with van der Waals surface area (Å²) in [4.78, 5) is 0. The zero-order valence-electron chi connectivity index (χ0n) is 10.5. The fourth-order valence-electron chi connectivity index (χ4n) is 1.91. The normalized spacial score (nSPS) is 12.2. The Morgan fingerprint density at radius 3 is 2.26 bits per heavy atom. The van der Waals surface area contributed by atoms with Crippen molar-refractivity contribution in [3.8, 4) is 0 Å². The van der Waals surface area contributed by atoms with Crippen LogP contribution in [-0.2, 0) is 0 Å². The van der Waals surface area contributed by atoms with E-state index in [0.29, 0.717) is 5.69 Å². The number of nitrogens with one attached hydrogen (secondary N) is 1. The summed E-state index contributed by atoms with van der Waals surface area (Å²) in [7, 11) is 0. The van der Waals surface area contributed by atoms with Gasteiger partial charge in [-0.3, -0.25) is 0 Å². The lowest BCUT2D eigenvalue weighted by Gasteiger charge is -2.19. The van der Waals surface area contributed by atoms with E-state index in [-0.39, 0.29) is 11.9 Å². The third-order valence-electron chi connectivity index (χ3n) is 2.94. The van der Waals surface area contributed by atoms with Crippen LogP contribution in [0.1, 0.15) is 24.9 Å². The fraction of sp³-hybridized carbons (Fsp3) is 0.200. The summed E-state index contributed by atoms with van der Waals surface area (Å²) < 4.78 is 15.6. The molecule has 2 rings (SSSR count). The van der Waals surface area contributed by atoms with E-state index in [1.165, 1.54) is 6.07 Å². The first-order valence-corrected chi connectivity index (χ1v) is 7.66. The number of benzene rings is 2. The van der Waals surface area contributed by atoms with Gasteiger partial charge in [-0.25, -0.2) is 4.39 Å². The Labute approximate surface area is 129 Å².